The van der Waals surface area contributed by atoms with Gasteiger partial charge in [0, 0.05) is 30.8 Å². The van der Waals surface area contributed by atoms with E-state index < -0.39 is 9.84 Å². The van der Waals surface area contributed by atoms with Crippen molar-refractivity contribution < 1.29 is 22.7 Å². The van der Waals surface area contributed by atoms with Gasteiger partial charge in [-0.1, -0.05) is 12.1 Å². The summed E-state index contributed by atoms with van der Waals surface area (Å²) >= 11 is 0. The number of carbonyl (C=O) groups excluding carboxylic acids is 1. The van der Waals surface area contributed by atoms with E-state index in [1.807, 2.05) is 26.0 Å². The molecule has 4 rings (SSSR count). The molecular formula is C22H26N2O5S. The quantitative estimate of drug-likeness (QED) is 0.699. The summed E-state index contributed by atoms with van der Waals surface area (Å²) in [5.41, 5.74) is 1.60. The van der Waals surface area contributed by atoms with Crippen molar-refractivity contribution in [2.75, 3.05) is 26.0 Å². The fourth-order valence-corrected chi connectivity index (χ4v) is 4.65. The third-order valence-electron chi connectivity index (χ3n) is 5.72. The molecule has 1 saturated heterocycles. The zero-order valence-electron chi connectivity index (χ0n) is 17.3. The molecule has 1 amide bonds. The number of likely N-dealkylation sites (tertiary alicyclic amines) is 1. The molecule has 160 valence electrons. The Morgan fingerprint density at radius 1 is 1.13 bits per heavy atom. The van der Waals surface area contributed by atoms with E-state index in [1.54, 1.807) is 35.4 Å². The zero-order valence-corrected chi connectivity index (χ0v) is 18.1. The van der Waals surface area contributed by atoms with Crippen LogP contribution in [0.4, 0.5) is 4.79 Å². The lowest BCUT2D eigenvalue weighted by Crippen LogP contribution is -2.34. The van der Waals surface area contributed by atoms with Crippen molar-refractivity contribution in [3.63, 3.8) is 0 Å². The normalized spacial score (nSPS) is 22.7. The topological polar surface area (TPSA) is 85.8 Å². The second kappa shape index (κ2) is 7.91. The average Bonchev–Trinajstić information content (AvgIpc) is 3.14. The Labute approximate surface area is 176 Å². The molecule has 2 aliphatic rings. The number of benzene rings is 1. The SMILES string of the molecule is CC(C)OC(=O)N1CC2[C@@H](COc3ccc(-c4ccc(S(C)(=O)=O)cc4)nc3)[C@@H]2C1. The maximum atomic E-state index is 12.0. The van der Waals surface area contributed by atoms with Gasteiger partial charge in [-0.05, 0) is 49.9 Å². The lowest BCUT2D eigenvalue weighted by atomic mass is 10.1. The van der Waals surface area contributed by atoms with Gasteiger partial charge in [-0.3, -0.25) is 4.98 Å². The zero-order chi connectivity index (χ0) is 21.5. The Kier molecular flexibility index (Phi) is 5.44. The number of aromatic nitrogens is 1. The molecule has 1 saturated carbocycles. The molecule has 1 aliphatic heterocycles. The molecule has 1 aliphatic carbocycles. The standard InChI is InChI=1S/C22H26N2O5S/c1-14(2)29-22(25)24-11-18-19(12-24)20(18)13-28-16-6-9-21(23-10-16)15-4-7-17(8-5-15)30(3,26)27/h4-10,14,18-20H,11-13H2,1-3H3/t18-,19?,20+/m1/s1. The first kappa shape index (κ1) is 20.7. The van der Waals surface area contributed by atoms with Crippen molar-refractivity contribution in [2.24, 2.45) is 17.8 Å². The number of nitrogens with zero attached hydrogens (tertiary/aromatic N) is 2. The van der Waals surface area contributed by atoms with Crippen LogP contribution in [0.15, 0.2) is 47.5 Å². The van der Waals surface area contributed by atoms with Crippen molar-refractivity contribution >= 4 is 15.9 Å². The Balaban J connectivity index is 1.27. The third kappa shape index (κ3) is 4.43. The summed E-state index contributed by atoms with van der Waals surface area (Å²) in [5, 5.41) is 0. The molecule has 2 fully saturated rings. The van der Waals surface area contributed by atoms with Crippen LogP contribution in [0, 0.1) is 17.8 Å². The highest BCUT2D eigenvalue weighted by atomic mass is 32.2. The van der Waals surface area contributed by atoms with E-state index in [9.17, 15) is 13.2 Å². The molecule has 3 atom stereocenters. The second-order valence-corrected chi connectivity index (χ2v) is 10.3. The number of amides is 1. The number of sulfone groups is 1. The van der Waals surface area contributed by atoms with E-state index in [-0.39, 0.29) is 17.1 Å². The number of pyridine rings is 1. The predicted molar refractivity (Wildman–Crippen MR) is 112 cm³/mol. The van der Waals surface area contributed by atoms with Crippen LogP contribution in [-0.2, 0) is 14.6 Å². The van der Waals surface area contributed by atoms with Crippen LogP contribution in [0.25, 0.3) is 11.3 Å². The largest absolute Gasteiger partial charge is 0.492 e. The number of ether oxygens (including phenoxy) is 2. The highest BCUT2D eigenvalue weighted by molar-refractivity contribution is 7.90. The summed E-state index contributed by atoms with van der Waals surface area (Å²) in [6, 6.07) is 10.4. The van der Waals surface area contributed by atoms with Crippen LogP contribution in [-0.4, -0.2) is 56.5 Å². The van der Waals surface area contributed by atoms with Crippen LogP contribution in [0.1, 0.15) is 13.8 Å². The minimum atomic E-state index is -3.21. The molecule has 0 radical (unpaired) electrons. The van der Waals surface area contributed by atoms with E-state index in [4.69, 9.17) is 9.47 Å². The highest BCUT2D eigenvalue weighted by Gasteiger charge is 2.57. The van der Waals surface area contributed by atoms with Gasteiger partial charge in [0.15, 0.2) is 9.84 Å². The van der Waals surface area contributed by atoms with Crippen molar-refractivity contribution in [3.8, 4) is 17.0 Å². The average molecular weight is 431 g/mol. The minimum Gasteiger partial charge on any atom is -0.492 e. The van der Waals surface area contributed by atoms with Gasteiger partial charge in [0.2, 0.25) is 0 Å². The number of hydrogen-bond donors (Lipinski definition) is 0. The number of carbonyl (C=O) groups is 1. The van der Waals surface area contributed by atoms with Gasteiger partial charge in [-0.25, -0.2) is 13.2 Å². The molecule has 1 aromatic heterocycles. The Morgan fingerprint density at radius 2 is 1.80 bits per heavy atom. The number of fused-ring (bicyclic) bond motifs is 1. The molecule has 0 spiro atoms. The Hall–Kier alpha value is -2.61. The van der Waals surface area contributed by atoms with Crippen LogP contribution < -0.4 is 4.74 Å². The summed E-state index contributed by atoms with van der Waals surface area (Å²) in [4.78, 5) is 18.5. The Morgan fingerprint density at radius 3 is 2.33 bits per heavy atom. The van der Waals surface area contributed by atoms with E-state index in [0.717, 1.165) is 24.3 Å². The minimum absolute atomic E-state index is 0.0957. The van der Waals surface area contributed by atoms with Crippen LogP contribution in [0.3, 0.4) is 0 Å². The van der Waals surface area contributed by atoms with Crippen molar-refractivity contribution in [2.45, 2.75) is 24.8 Å². The summed E-state index contributed by atoms with van der Waals surface area (Å²) in [5.74, 6) is 2.15. The maximum absolute atomic E-state index is 12.0. The first-order valence-electron chi connectivity index (χ1n) is 10.1. The molecule has 7 nitrogen and oxygen atoms in total. The summed E-state index contributed by atoms with van der Waals surface area (Å²) < 4.78 is 34.3. The molecule has 8 heteroatoms. The van der Waals surface area contributed by atoms with E-state index in [0.29, 0.717) is 30.1 Å². The van der Waals surface area contributed by atoms with E-state index in [2.05, 4.69) is 4.98 Å². The predicted octanol–water partition coefficient (Wildman–Crippen LogP) is 3.25. The number of rotatable bonds is 6. The molecule has 1 aromatic carbocycles. The molecule has 1 unspecified atom stereocenters. The summed E-state index contributed by atoms with van der Waals surface area (Å²) in [7, 11) is -3.21. The fourth-order valence-electron chi connectivity index (χ4n) is 4.02. The third-order valence-corrected chi connectivity index (χ3v) is 6.85. The molecule has 30 heavy (non-hydrogen) atoms. The summed E-state index contributed by atoms with van der Waals surface area (Å²) in [6.45, 7) is 5.81. The van der Waals surface area contributed by atoms with Crippen molar-refractivity contribution in [1.29, 1.82) is 0 Å². The monoisotopic (exact) mass is 430 g/mol. The first-order valence-corrected chi connectivity index (χ1v) is 12.0. The smallest absolute Gasteiger partial charge is 0.410 e. The molecule has 2 aromatic rings. The van der Waals surface area contributed by atoms with Gasteiger partial charge in [0.25, 0.3) is 0 Å². The fraction of sp³-hybridized carbons (Fsp3) is 0.455. The van der Waals surface area contributed by atoms with Crippen LogP contribution >= 0.6 is 0 Å². The van der Waals surface area contributed by atoms with Gasteiger partial charge >= 0.3 is 6.09 Å². The lowest BCUT2D eigenvalue weighted by Gasteiger charge is -2.20. The second-order valence-electron chi connectivity index (χ2n) is 8.32. The molecule has 0 N–H and O–H groups in total. The van der Waals surface area contributed by atoms with Gasteiger partial charge in [0.1, 0.15) is 5.75 Å². The number of hydrogen-bond acceptors (Lipinski definition) is 6. The highest BCUT2D eigenvalue weighted by Crippen LogP contribution is 2.51. The summed E-state index contributed by atoms with van der Waals surface area (Å²) in [6.07, 6.45) is 2.56. The van der Waals surface area contributed by atoms with Crippen LogP contribution in [0.5, 0.6) is 5.75 Å². The number of piperidine rings is 1. The lowest BCUT2D eigenvalue weighted by molar-refractivity contribution is 0.0779. The van der Waals surface area contributed by atoms with Gasteiger partial charge < -0.3 is 14.4 Å². The molecule has 2 heterocycles. The van der Waals surface area contributed by atoms with Crippen molar-refractivity contribution in [3.05, 3.63) is 42.6 Å². The van der Waals surface area contributed by atoms with Gasteiger partial charge in [-0.15, -0.1) is 0 Å². The van der Waals surface area contributed by atoms with Gasteiger partial charge in [-0.2, -0.15) is 0 Å². The van der Waals surface area contributed by atoms with E-state index in [1.165, 1.54) is 6.26 Å². The Bertz CT molecular complexity index is 1010. The molecular weight excluding hydrogens is 404 g/mol. The maximum Gasteiger partial charge on any atom is 0.410 e. The van der Waals surface area contributed by atoms with Crippen LogP contribution in [0.2, 0.25) is 0 Å². The van der Waals surface area contributed by atoms with Gasteiger partial charge in [0.05, 0.1) is 29.5 Å². The van der Waals surface area contributed by atoms with E-state index >= 15 is 0 Å². The van der Waals surface area contributed by atoms with Crippen molar-refractivity contribution in [1.82, 2.24) is 9.88 Å². The first-order chi connectivity index (χ1) is 14.2. The molecule has 0 bridgehead atoms.